The number of carbonyl (C=O) groups excluding carboxylic acids is 1. The smallest absolute Gasteiger partial charge is 0.334 e. The van der Waals surface area contributed by atoms with E-state index in [0.29, 0.717) is 36.7 Å². The lowest BCUT2D eigenvalue weighted by molar-refractivity contribution is -0.138. The zero-order valence-corrected chi connectivity index (χ0v) is 21.4. The average molecular weight is 484 g/mol. The molecule has 7 nitrogen and oxygen atoms in total. The number of rotatable bonds is 14. The Morgan fingerprint density at radius 2 is 2.00 bits per heavy atom. The third-order valence-electron chi connectivity index (χ3n) is 6.13. The fourth-order valence-corrected chi connectivity index (χ4v) is 4.39. The highest BCUT2D eigenvalue weighted by Crippen LogP contribution is 2.47. The summed E-state index contributed by atoms with van der Waals surface area (Å²) in [5.74, 6) is 1.60. The number of benzene rings is 1. The third-order valence-corrected chi connectivity index (χ3v) is 6.13. The normalized spacial score (nSPS) is 12.7. The predicted octanol–water partition coefficient (Wildman–Crippen LogP) is 5.46. The molecule has 1 aliphatic heterocycles. The Balaban J connectivity index is 1.78. The van der Waals surface area contributed by atoms with Crippen molar-refractivity contribution in [3.63, 3.8) is 0 Å². The van der Waals surface area contributed by atoms with Gasteiger partial charge >= 0.3 is 5.97 Å². The quantitative estimate of drug-likeness (QED) is 0.153. The first-order valence-electron chi connectivity index (χ1n) is 12.3. The summed E-state index contributed by atoms with van der Waals surface area (Å²) in [6.07, 6.45) is 12.1. The molecule has 3 rings (SSSR count). The van der Waals surface area contributed by atoms with Crippen LogP contribution in [-0.4, -0.2) is 45.2 Å². The number of nitrogens with zero attached hydrogens (tertiary/aromatic N) is 1. The largest absolute Gasteiger partial charge is 0.492 e. The number of carbonyl (C=O) groups is 1. The van der Waals surface area contributed by atoms with E-state index in [1.165, 1.54) is 5.56 Å². The van der Waals surface area contributed by atoms with Crippen LogP contribution in [0.25, 0.3) is 6.08 Å². The summed E-state index contributed by atoms with van der Waals surface area (Å²) in [5, 5.41) is 0. The Labute approximate surface area is 208 Å². The molecule has 0 spiro atoms. The van der Waals surface area contributed by atoms with Gasteiger partial charge in [0.1, 0.15) is 5.75 Å². The third kappa shape index (κ3) is 6.98. The standard InChI is InChI=1S/C28H37NO6/c1-5-33-28(30)22(13-9-7-6-8-11-21-12-10-15-29-18-21)17-24-26-23(14-16-34-26)20(2)25(27(24)32-4)35-19-31-3/h10,12,15,17-18H,5-9,11,13-14,16,19H2,1-4H3/b22-17+. The number of aryl methyl sites for hydroxylation is 1. The lowest BCUT2D eigenvalue weighted by atomic mass is 9.96. The molecule has 0 fully saturated rings. The molecule has 2 aromatic rings. The molecule has 0 unspecified atom stereocenters. The molecule has 0 saturated carbocycles. The fourth-order valence-electron chi connectivity index (χ4n) is 4.39. The molecule has 0 atom stereocenters. The summed E-state index contributed by atoms with van der Waals surface area (Å²) >= 11 is 0. The highest BCUT2D eigenvalue weighted by atomic mass is 16.7. The summed E-state index contributed by atoms with van der Waals surface area (Å²) in [5.41, 5.74) is 4.62. The maximum absolute atomic E-state index is 12.8. The second-order valence-corrected chi connectivity index (χ2v) is 8.52. The predicted molar refractivity (Wildman–Crippen MR) is 135 cm³/mol. The van der Waals surface area contributed by atoms with Crippen LogP contribution in [0, 0.1) is 6.92 Å². The van der Waals surface area contributed by atoms with E-state index in [4.69, 9.17) is 23.7 Å². The van der Waals surface area contributed by atoms with Gasteiger partial charge in [0.25, 0.3) is 0 Å². The van der Waals surface area contributed by atoms with Gasteiger partial charge in [0, 0.05) is 42.6 Å². The molecule has 0 bridgehead atoms. The summed E-state index contributed by atoms with van der Waals surface area (Å²) < 4.78 is 28.1. The van der Waals surface area contributed by atoms with Gasteiger partial charge in [-0.05, 0) is 57.2 Å². The number of hydrogen-bond acceptors (Lipinski definition) is 7. The Bertz CT molecular complexity index is 1000. The van der Waals surface area contributed by atoms with Crippen molar-refractivity contribution in [3.8, 4) is 17.2 Å². The highest BCUT2D eigenvalue weighted by molar-refractivity contribution is 5.95. The number of hydrogen-bond donors (Lipinski definition) is 0. The molecule has 0 radical (unpaired) electrons. The number of ether oxygens (including phenoxy) is 5. The molecule has 0 saturated heterocycles. The highest BCUT2D eigenvalue weighted by Gasteiger charge is 2.28. The van der Waals surface area contributed by atoms with E-state index in [1.54, 1.807) is 20.4 Å². The Kier molecular flexibility index (Phi) is 10.4. The minimum atomic E-state index is -0.309. The minimum absolute atomic E-state index is 0.101. The Morgan fingerprint density at radius 1 is 1.17 bits per heavy atom. The molecule has 35 heavy (non-hydrogen) atoms. The summed E-state index contributed by atoms with van der Waals surface area (Å²) in [6, 6.07) is 4.08. The van der Waals surface area contributed by atoms with Gasteiger partial charge in [-0.25, -0.2) is 4.79 Å². The first-order valence-corrected chi connectivity index (χ1v) is 12.3. The molecule has 190 valence electrons. The number of pyridine rings is 1. The molecule has 1 aliphatic rings. The van der Waals surface area contributed by atoms with Crippen LogP contribution in [0.3, 0.4) is 0 Å². The van der Waals surface area contributed by atoms with Crippen molar-refractivity contribution in [3.05, 3.63) is 52.4 Å². The zero-order chi connectivity index (χ0) is 25.0. The number of fused-ring (bicyclic) bond motifs is 1. The van der Waals surface area contributed by atoms with Crippen LogP contribution < -0.4 is 14.2 Å². The van der Waals surface area contributed by atoms with Crippen LogP contribution >= 0.6 is 0 Å². The summed E-state index contributed by atoms with van der Waals surface area (Å²) in [7, 11) is 3.17. The summed E-state index contributed by atoms with van der Waals surface area (Å²) in [4.78, 5) is 17.0. The van der Waals surface area contributed by atoms with E-state index < -0.39 is 0 Å². The zero-order valence-electron chi connectivity index (χ0n) is 21.4. The van der Waals surface area contributed by atoms with Crippen molar-refractivity contribution in [2.45, 2.75) is 58.8 Å². The molecular weight excluding hydrogens is 446 g/mol. The molecular formula is C28H37NO6. The van der Waals surface area contributed by atoms with Crippen LogP contribution in [-0.2, 0) is 27.1 Å². The first kappa shape index (κ1) is 26.5. The van der Waals surface area contributed by atoms with Gasteiger partial charge in [0.2, 0.25) is 0 Å². The van der Waals surface area contributed by atoms with E-state index in [0.717, 1.165) is 61.0 Å². The maximum atomic E-state index is 12.8. The summed E-state index contributed by atoms with van der Waals surface area (Å²) in [6.45, 7) is 4.82. The van der Waals surface area contributed by atoms with Crippen molar-refractivity contribution in [1.29, 1.82) is 0 Å². The lowest BCUT2D eigenvalue weighted by Crippen LogP contribution is -2.09. The monoisotopic (exact) mass is 483 g/mol. The molecule has 1 aromatic carbocycles. The Morgan fingerprint density at radius 3 is 2.71 bits per heavy atom. The van der Waals surface area contributed by atoms with Crippen molar-refractivity contribution in [2.75, 3.05) is 34.2 Å². The Hall–Kier alpha value is -3.06. The van der Waals surface area contributed by atoms with E-state index in [2.05, 4.69) is 11.1 Å². The van der Waals surface area contributed by atoms with Crippen molar-refractivity contribution < 1.29 is 28.5 Å². The van der Waals surface area contributed by atoms with Gasteiger partial charge < -0.3 is 23.7 Å². The number of aromatic nitrogens is 1. The fraction of sp³-hybridized carbons (Fsp3) is 0.500. The number of esters is 1. The molecule has 7 heteroatoms. The minimum Gasteiger partial charge on any atom is -0.492 e. The van der Waals surface area contributed by atoms with Gasteiger partial charge in [0.05, 0.1) is 25.9 Å². The van der Waals surface area contributed by atoms with Crippen LogP contribution in [0.15, 0.2) is 30.1 Å². The molecule has 0 aliphatic carbocycles. The lowest BCUT2D eigenvalue weighted by Gasteiger charge is -2.19. The maximum Gasteiger partial charge on any atom is 0.334 e. The van der Waals surface area contributed by atoms with Crippen molar-refractivity contribution >= 4 is 12.0 Å². The molecule has 1 aromatic heterocycles. The van der Waals surface area contributed by atoms with Crippen LogP contribution in [0.4, 0.5) is 0 Å². The second kappa shape index (κ2) is 13.7. The van der Waals surface area contributed by atoms with Gasteiger partial charge in [-0.3, -0.25) is 4.98 Å². The number of unbranched alkanes of at least 4 members (excludes halogenated alkanes) is 3. The number of methoxy groups -OCH3 is 2. The molecule has 2 heterocycles. The van der Waals surface area contributed by atoms with E-state index >= 15 is 0 Å². The topological polar surface area (TPSA) is 76.1 Å². The second-order valence-electron chi connectivity index (χ2n) is 8.52. The van der Waals surface area contributed by atoms with Gasteiger partial charge in [0.15, 0.2) is 18.3 Å². The SMILES string of the molecule is CCOC(=O)/C(=C/c1c2c(c(C)c(OCOC)c1OC)CCO2)CCCCCCc1cccnc1. The van der Waals surface area contributed by atoms with Gasteiger partial charge in [-0.15, -0.1) is 0 Å². The first-order chi connectivity index (χ1) is 17.1. The van der Waals surface area contributed by atoms with E-state index in [9.17, 15) is 4.79 Å². The van der Waals surface area contributed by atoms with Gasteiger partial charge in [-0.1, -0.05) is 18.9 Å². The van der Waals surface area contributed by atoms with E-state index in [1.807, 2.05) is 32.2 Å². The molecule has 0 amide bonds. The van der Waals surface area contributed by atoms with Gasteiger partial charge in [-0.2, -0.15) is 0 Å². The average Bonchev–Trinajstić information content (AvgIpc) is 3.37. The molecule has 0 N–H and O–H groups in total. The van der Waals surface area contributed by atoms with Crippen molar-refractivity contribution in [1.82, 2.24) is 4.98 Å². The van der Waals surface area contributed by atoms with Crippen LogP contribution in [0.2, 0.25) is 0 Å². The van der Waals surface area contributed by atoms with E-state index in [-0.39, 0.29) is 12.8 Å². The van der Waals surface area contributed by atoms with Crippen molar-refractivity contribution in [2.24, 2.45) is 0 Å². The van der Waals surface area contributed by atoms with Crippen LogP contribution in [0.1, 0.15) is 61.3 Å². The van der Waals surface area contributed by atoms with Crippen LogP contribution in [0.5, 0.6) is 17.2 Å².